The van der Waals surface area contributed by atoms with Crippen LogP contribution in [-0.4, -0.2) is 19.8 Å². The number of aromatic nitrogens is 2. The number of fused-ring (bicyclic) bond motifs is 1. The molecule has 27 heavy (non-hydrogen) atoms. The molecule has 7 heteroatoms. The summed E-state index contributed by atoms with van der Waals surface area (Å²) in [5.41, 5.74) is 3.74. The highest BCUT2D eigenvalue weighted by Crippen LogP contribution is 2.61. The fourth-order valence-electron chi connectivity index (χ4n) is 6.27. The molecule has 142 valence electrons. The van der Waals surface area contributed by atoms with Crippen molar-refractivity contribution in [1.29, 1.82) is 0 Å². The monoisotopic (exact) mass is 400 g/mol. The topological polar surface area (TPSA) is 66.9 Å². The van der Waals surface area contributed by atoms with E-state index in [4.69, 9.17) is 12.2 Å². The molecule has 2 N–H and O–H groups in total. The Bertz CT molecular complexity index is 887. The zero-order valence-corrected chi connectivity index (χ0v) is 17.1. The normalized spacial score (nSPS) is 31.2. The first-order chi connectivity index (χ1) is 13.0. The molecule has 4 saturated carbocycles. The van der Waals surface area contributed by atoms with Gasteiger partial charge in [-0.2, -0.15) is 8.75 Å². The number of carbonyl (C=O) groups is 1. The number of amides is 1. The lowest BCUT2D eigenvalue weighted by Gasteiger charge is -2.56. The molecule has 1 amide bonds. The van der Waals surface area contributed by atoms with E-state index in [9.17, 15) is 4.79 Å². The van der Waals surface area contributed by atoms with Crippen LogP contribution in [0.3, 0.4) is 0 Å². The van der Waals surface area contributed by atoms with Crippen molar-refractivity contribution in [3.8, 4) is 0 Å². The van der Waals surface area contributed by atoms with Crippen LogP contribution >= 0.6 is 23.9 Å². The summed E-state index contributed by atoms with van der Waals surface area (Å²) in [6.07, 6.45) is 8.49. The Morgan fingerprint density at radius 3 is 2.52 bits per heavy atom. The molecule has 4 aliphatic carbocycles. The number of nitrogens with one attached hydrogen (secondary N) is 2. The Morgan fingerprint density at radius 1 is 1.19 bits per heavy atom. The van der Waals surface area contributed by atoms with Crippen LogP contribution < -0.4 is 10.6 Å². The smallest absolute Gasteiger partial charge is 0.226 e. The van der Waals surface area contributed by atoms with Gasteiger partial charge >= 0.3 is 0 Å². The van der Waals surface area contributed by atoms with E-state index in [0.717, 1.165) is 40.0 Å². The summed E-state index contributed by atoms with van der Waals surface area (Å²) in [5, 5.41) is 6.46. The number of benzene rings is 1. The van der Waals surface area contributed by atoms with Crippen LogP contribution in [0.25, 0.3) is 11.0 Å². The highest BCUT2D eigenvalue weighted by Gasteiger charge is 2.51. The van der Waals surface area contributed by atoms with E-state index in [0.29, 0.717) is 11.5 Å². The second kappa shape index (κ2) is 6.48. The minimum Gasteiger partial charge on any atom is -0.330 e. The number of anilines is 1. The lowest BCUT2D eigenvalue weighted by atomic mass is 9.49. The van der Waals surface area contributed by atoms with Gasteiger partial charge in [0.25, 0.3) is 0 Å². The molecule has 0 aliphatic heterocycles. The Morgan fingerprint density at radius 2 is 1.85 bits per heavy atom. The van der Waals surface area contributed by atoms with Crippen molar-refractivity contribution in [3.05, 3.63) is 17.7 Å². The minimum absolute atomic E-state index is 0.0516. The lowest BCUT2D eigenvalue weighted by Crippen LogP contribution is -2.48. The van der Waals surface area contributed by atoms with Crippen molar-refractivity contribution in [2.45, 2.75) is 51.9 Å². The molecule has 4 fully saturated rings. The summed E-state index contributed by atoms with van der Waals surface area (Å²) in [6, 6.07) is 3.94. The molecular weight excluding hydrogens is 376 g/mol. The predicted molar refractivity (Wildman–Crippen MR) is 112 cm³/mol. The molecule has 2 aromatic rings. The van der Waals surface area contributed by atoms with Crippen LogP contribution in [0.1, 0.15) is 50.5 Å². The van der Waals surface area contributed by atoms with Gasteiger partial charge in [0, 0.05) is 6.42 Å². The molecule has 4 bridgehead atoms. The minimum atomic E-state index is 0.0516. The summed E-state index contributed by atoms with van der Waals surface area (Å²) in [7, 11) is 0. The Balaban J connectivity index is 1.25. The summed E-state index contributed by atoms with van der Waals surface area (Å²) in [4.78, 5) is 12.8. The van der Waals surface area contributed by atoms with E-state index in [-0.39, 0.29) is 11.3 Å². The zero-order chi connectivity index (χ0) is 18.6. The van der Waals surface area contributed by atoms with Gasteiger partial charge in [-0.05, 0) is 92.5 Å². The lowest BCUT2D eigenvalue weighted by molar-refractivity contribution is -0.127. The van der Waals surface area contributed by atoms with Gasteiger partial charge in [-0.15, -0.1) is 0 Å². The number of aryl methyl sites for hydroxylation is 1. The Hall–Kier alpha value is -1.60. The molecule has 0 radical (unpaired) electrons. The van der Waals surface area contributed by atoms with Crippen molar-refractivity contribution in [2.75, 3.05) is 5.32 Å². The molecule has 1 heterocycles. The summed E-state index contributed by atoms with van der Waals surface area (Å²) < 4.78 is 8.63. The molecule has 1 aromatic heterocycles. The number of hydrogen-bond donors (Lipinski definition) is 2. The fourth-order valence-corrected chi connectivity index (χ4v) is 7.03. The van der Waals surface area contributed by atoms with E-state index < -0.39 is 0 Å². The van der Waals surface area contributed by atoms with Crippen LogP contribution in [0.5, 0.6) is 0 Å². The summed E-state index contributed by atoms with van der Waals surface area (Å²) in [6.45, 7) is 2.00. The first-order valence-electron chi connectivity index (χ1n) is 9.82. The number of rotatable bonds is 3. The van der Waals surface area contributed by atoms with Gasteiger partial charge in [0.15, 0.2) is 5.11 Å². The SMILES string of the molecule is Cc1ccc2nsnc2c1NC(=S)NC(=O)CC12CC3CC(CC(C3)C1)C2. The molecule has 0 unspecified atom stereocenters. The average Bonchev–Trinajstić information content (AvgIpc) is 3.04. The molecule has 0 saturated heterocycles. The Kier molecular flexibility index (Phi) is 4.20. The molecule has 1 aromatic carbocycles. The first-order valence-corrected chi connectivity index (χ1v) is 11.0. The maximum absolute atomic E-state index is 12.8. The zero-order valence-electron chi connectivity index (χ0n) is 15.5. The van der Waals surface area contributed by atoms with Gasteiger partial charge in [-0.3, -0.25) is 4.79 Å². The van der Waals surface area contributed by atoms with Gasteiger partial charge in [-0.1, -0.05) is 6.07 Å². The molecule has 5 nitrogen and oxygen atoms in total. The highest BCUT2D eigenvalue weighted by atomic mass is 32.1. The maximum Gasteiger partial charge on any atom is 0.226 e. The van der Waals surface area contributed by atoms with Gasteiger partial charge in [0.2, 0.25) is 5.91 Å². The molecule has 6 rings (SSSR count). The van der Waals surface area contributed by atoms with Gasteiger partial charge < -0.3 is 10.6 Å². The second-order valence-electron chi connectivity index (χ2n) is 8.99. The largest absolute Gasteiger partial charge is 0.330 e. The molecule has 0 atom stereocenters. The van der Waals surface area contributed by atoms with Gasteiger partial charge in [0.1, 0.15) is 11.0 Å². The highest BCUT2D eigenvalue weighted by molar-refractivity contribution is 7.80. The summed E-state index contributed by atoms with van der Waals surface area (Å²) >= 11 is 6.61. The van der Waals surface area contributed by atoms with Gasteiger partial charge in [0.05, 0.1) is 17.4 Å². The number of thiocarbonyl (C=S) groups is 1. The molecular formula is C20H24N4OS2. The van der Waals surface area contributed by atoms with Crippen molar-refractivity contribution < 1.29 is 4.79 Å². The van der Waals surface area contributed by atoms with Gasteiger partial charge in [-0.25, -0.2) is 0 Å². The Labute approximate surface area is 168 Å². The average molecular weight is 401 g/mol. The third kappa shape index (κ3) is 3.25. The van der Waals surface area contributed by atoms with E-state index in [1.807, 2.05) is 19.1 Å². The van der Waals surface area contributed by atoms with Crippen molar-refractivity contribution in [1.82, 2.24) is 14.1 Å². The van der Waals surface area contributed by atoms with E-state index in [2.05, 4.69) is 19.4 Å². The fraction of sp³-hybridized carbons (Fsp3) is 0.600. The summed E-state index contributed by atoms with van der Waals surface area (Å²) in [5.74, 6) is 2.61. The molecule has 4 aliphatic rings. The first kappa shape index (κ1) is 17.5. The predicted octanol–water partition coefficient (Wildman–Crippen LogP) is 4.42. The quantitative estimate of drug-likeness (QED) is 0.747. The maximum atomic E-state index is 12.8. The number of hydrogen-bond acceptors (Lipinski definition) is 5. The van der Waals surface area contributed by atoms with Crippen LogP contribution in [0.2, 0.25) is 0 Å². The van der Waals surface area contributed by atoms with Crippen molar-refractivity contribution in [2.24, 2.45) is 23.2 Å². The van der Waals surface area contributed by atoms with Crippen molar-refractivity contribution in [3.63, 3.8) is 0 Å². The third-order valence-electron chi connectivity index (χ3n) is 6.83. The third-order valence-corrected chi connectivity index (χ3v) is 7.58. The van der Waals surface area contributed by atoms with Crippen LogP contribution in [0.15, 0.2) is 12.1 Å². The molecule has 0 spiro atoms. The number of nitrogens with zero attached hydrogens (tertiary/aromatic N) is 2. The van der Waals surface area contributed by atoms with E-state index in [1.54, 1.807) is 0 Å². The van der Waals surface area contributed by atoms with E-state index in [1.165, 1.54) is 50.3 Å². The van der Waals surface area contributed by atoms with Crippen LogP contribution in [0.4, 0.5) is 5.69 Å². The van der Waals surface area contributed by atoms with Crippen molar-refractivity contribution >= 4 is 51.7 Å². The number of carbonyl (C=O) groups excluding carboxylic acids is 1. The standard InChI is InChI=1S/C20H24N4OS2/c1-11-2-3-15-18(24-27-23-15)17(11)22-19(26)21-16(25)10-20-7-12-4-13(8-20)6-14(5-12)9-20/h2-3,12-14H,4-10H2,1H3,(H2,21,22,25,26). The second-order valence-corrected chi connectivity index (χ2v) is 9.92. The van der Waals surface area contributed by atoms with Crippen LogP contribution in [0, 0.1) is 30.1 Å². The van der Waals surface area contributed by atoms with Crippen LogP contribution in [-0.2, 0) is 4.79 Å². The van der Waals surface area contributed by atoms with E-state index >= 15 is 0 Å².